The number of carbonyl (C=O) groups is 1. The zero-order chi connectivity index (χ0) is 15.8. The van der Waals surface area contributed by atoms with Crippen molar-refractivity contribution in [3.8, 4) is 0 Å². The highest BCUT2D eigenvalue weighted by Gasteiger charge is 2.10. The van der Waals surface area contributed by atoms with Crippen molar-refractivity contribution in [3.05, 3.63) is 54.2 Å². The number of pyridine rings is 2. The fourth-order valence-electron chi connectivity index (χ4n) is 2.46. The summed E-state index contributed by atoms with van der Waals surface area (Å²) < 4.78 is 3.39. The van der Waals surface area contributed by atoms with E-state index in [2.05, 4.69) is 25.5 Å². The molecule has 0 unspecified atom stereocenters. The van der Waals surface area contributed by atoms with Gasteiger partial charge in [-0.15, -0.1) is 0 Å². The zero-order valence-corrected chi connectivity index (χ0v) is 12.3. The molecule has 0 saturated carbocycles. The monoisotopic (exact) mass is 307 g/mol. The van der Waals surface area contributed by atoms with Crippen molar-refractivity contribution in [2.75, 3.05) is 0 Å². The Morgan fingerprint density at radius 3 is 3.04 bits per heavy atom. The van der Waals surface area contributed by atoms with Gasteiger partial charge in [-0.25, -0.2) is 9.50 Å². The zero-order valence-electron chi connectivity index (χ0n) is 12.3. The standard InChI is InChI=1S/C15H13N7O/c1-21-13-5-10(6-16-12(13)8-19-21)15(23)17-7-11-3-2-4-14-18-9-20-22(11)14/h2-6,8-9H,7H2,1H3,(H,17,23). The first-order valence-corrected chi connectivity index (χ1v) is 7.06. The molecule has 0 bridgehead atoms. The van der Waals surface area contributed by atoms with E-state index < -0.39 is 0 Å². The molecule has 0 atom stereocenters. The van der Waals surface area contributed by atoms with Gasteiger partial charge in [0.15, 0.2) is 5.65 Å². The van der Waals surface area contributed by atoms with E-state index in [0.717, 1.165) is 22.4 Å². The van der Waals surface area contributed by atoms with Gasteiger partial charge < -0.3 is 5.32 Å². The van der Waals surface area contributed by atoms with Crippen LogP contribution in [0.2, 0.25) is 0 Å². The summed E-state index contributed by atoms with van der Waals surface area (Å²) in [7, 11) is 1.82. The Hall–Kier alpha value is -3.29. The number of nitrogens with zero attached hydrogens (tertiary/aromatic N) is 6. The van der Waals surface area contributed by atoms with Crippen LogP contribution in [0.4, 0.5) is 0 Å². The van der Waals surface area contributed by atoms with E-state index in [1.54, 1.807) is 27.7 Å². The summed E-state index contributed by atoms with van der Waals surface area (Å²) in [6, 6.07) is 7.42. The van der Waals surface area contributed by atoms with Crippen LogP contribution in [-0.2, 0) is 13.6 Å². The molecule has 0 aromatic carbocycles. The molecule has 0 aliphatic heterocycles. The van der Waals surface area contributed by atoms with Gasteiger partial charge in [-0.3, -0.25) is 14.5 Å². The molecular formula is C15H13N7O. The van der Waals surface area contributed by atoms with Crippen LogP contribution in [-0.4, -0.2) is 35.3 Å². The smallest absolute Gasteiger partial charge is 0.253 e. The van der Waals surface area contributed by atoms with Crippen LogP contribution in [0.5, 0.6) is 0 Å². The van der Waals surface area contributed by atoms with Crippen molar-refractivity contribution < 1.29 is 4.79 Å². The van der Waals surface area contributed by atoms with E-state index >= 15 is 0 Å². The minimum absolute atomic E-state index is 0.197. The van der Waals surface area contributed by atoms with Crippen molar-refractivity contribution in [2.45, 2.75) is 6.54 Å². The molecular weight excluding hydrogens is 294 g/mol. The highest BCUT2D eigenvalue weighted by Crippen LogP contribution is 2.12. The molecule has 4 rings (SSSR count). The second kappa shape index (κ2) is 5.16. The predicted octanol–water partition coefficient (Wildman–Crippen LogP) is 0.941. The van der Waals surface area contributed by atoms with E-state index in [-0.39, 0.29) is 5.91 Å². The minimum Gasteiger partial charge on any atom is -0.346 e. The Morgan fingerprint density at radius 1 is 1.22 bits per heavy atom. The first-order valence-electron chi connectivity index (χ1n) is 7.06. The molecule has 0 fully saturated rings. The first kappa shape index (κ1) is 13.4. The maximum atomic E-state index is 12.3. The Kier molecular flexibility index (Phi) is 3.00. The fourth-order valence-corrected chi connectivity index (χ4v) is 2.46. The minimum atomic E-state index is -0.197. The second-order valence-corrected chi connectivity index (χ2v) is 5.13. The summed E-state index contributed by atoms with van der Waals surface area (Å²) in [6.45, 7) is 0.350. The topological polar surface area (TPSA) is 90.0 Å². The third-order valence-electron chi connectivity index (χ3n) is 3.67. The van der Waals surface area contributed by atoms with Crippen molar-refractivity contribution in [1.82, 2.24) is 34.7 Å². The summed E-state index contributed by atoms with van der Waals surface area (Å²) in [5.41, 5.74) is 3.66. The largest absolute Gasteiger partial charge is 0.346 e. The Bertz CT molecular complexity index is 1020. The second-order valence-electron chi connectivity index (χ2n) is 5.13. The van der Waals surface area contributed by atoms with Crippen LogP contribution in [0.25, 0.3) is 16.7 Å². The normalized spacial score (nSPS) is 11.2. The van der Waals surface area contributed by atoms with Gasteiger partial charge in [0.2, 0.25) is 0 Å². The van der Waals surface area contributed by atoms with Crippen molar-refractivity contribution in [3.63, 3.8) is 0 Å². The van der Waals surface area contributed by atoms with E-state index in [4.69, 9.17) is 0 Å². The molecule has 0 radical (unpaired) electrons. The molecule has 114 valence electrons. The molecule has 0 aliphatic rings. The summed E-state index contributed by atoms with van der Waals surface area (Å²) in [5.74, 6) is -0.197. The molecule has 8 nitrogen and oxygen atoms in total. The van der Waals surface area contributed by atoms with Crippen LogP contribution in [0.3, 0.4) is 0 Å². The highest BCUT2D eigenvalue weighted by molar-refractivity contribution is 5.96. The lowest BCUT2D eigenvalue weighted by molar-refractivity contribution is 0.0950. The number of aryl methyl sites for hydroxylation is 1. The van der Waals surface area contributed by atoms with E-state index in [0.29, 0.717) is 12.1 Å². The van der Waals surface area contributed by atoms with Crippen LogP contribution < -0.4 is 5.32 Å². The fraction of sp³-hybridized carbons (Fsp3) is 0.133. The van der Waals surface area contributed by atoms with Gasteiger partial charge in [0.05, 0.1) is 29.5 Å². The van der Waals surface area contributed by atoms with Gasteiger partial charge in [-0.2, -0.15) is 10.2 Å². The van der Waals surface area contributed by atoms with E-state index in [1.165, 1.54) is 6.33 Å². The molecule has 8 heteroatoms. The van der Waals surface area contributed by atoms with Crippen molar-refractivity contribution >= 4 is 22.6 Å². The van der Waals surface area contributed by atoms with Gasteiger partial charge in [-0.05, 0) is 18.2 Å². The average molecular weight is 307 g/mol. The highest BCUT2D eigenvalue weighted by atomic mass is 16.1. The third-order valence-corrected chi connectivity index (χ3v) is 3.67. The number of aromatic nitrogens is 6. The van der Waals surface area contributed by atoms with Gasteiger partial charge in [0, 0.05) is 13.2 Å². The van der Waals surface area contributed by atoms with E-state index in [9.17, 15) is 4.79 Å². The molecule has 23 heavy (non-hydrogen) atoms. The molecule has 4 aromatic rings. The number of rotatable bonds is 3. The van der Waals surface area contributed by atoms with Crippen molar-refractivity contribution in [1.29, 1.82) is 0 Å². The summed E-state index contributed by atoms with van der Waals surface area (Å²) in [5, 5.41) is 11.1. The lowest BCUT2D eigenvalue weighted by Crippen LogP contribution is -2.24. The molecule has 4 heterocycles. The van der Waals surface area contributed by atoms with Crippen LogP contribution in [0, 0.1) is 0 Å². The molecule has 0 aliphatic carbocycles. The van der Waals surface area contributed by atoms with Gasteiger partial charge >= 0.3 is 0 Å². The number of amides is 1. The lowest BCUT2D eigenvalue weighted by Gasteiger charge is -2.07. The number of hydrogen-bond acceptors (Lipinski definition) is 5. The molecule has 4 aromatic heterocycles. The van der Waals surface area contributed by atoms with Crippen LogP contribution in [0.1, 0.15) is 16.1 Å². The summed E-state index contributed by atoms with van der Waals surface area (Å²) >= 11 is 0. The molecule has 0 saturated heterocycles. The summed E-state index contributed by atoms with van der Waals surface area (Å²) in [6.07, 6.45) is 4.71. The first-order chi connectivity index (χ1) is 11.2. The summed E-state index contributed by atoms with van der Waals surface area (Å²) in [4.78, 5) is 20.7. The lowest BCUT2D eigenvalue weighted by atomic mass is 10.2. The average Bonchev–Trinajstić information content (AvgIpc) is 3.19. The maximum absolute atomic E-state index is 12.3. The number of fused-ring (bicyclic) bond motifs is 2. The number of carbonyl (C=O) groups excluding carboxylic acids is 1. The Balaban J connectivity index is 1.57. The predicted molar refractivity (Wildman–Crippen MR) is 82.7 cm³/mol. The maximum Gasteiger partial charge on any atom is 0.253 e. The molecule has 0 spiro atoms. The van der Waals surface area contributed by atoms with Crippen molar-refractivity contribution in [2.24, 2.45) is 7.05 Å². The van der Waals surface area contributed by atoms with Gasteiger partial charge in [0.25, 0.3) is 5.91 Å². The molecule has 1 N–H and O–H groups in total. The SMILES string of the molecule is Cn1ncc2ncc(C(=O)NCc3cccc4ncnn34)cc21. The van der Waals surface area contributed by atoms with Gasteiger partial charge in [0.1, 0.15) is 11.8 Å². The van der Waals surface area contributed by atoms with E-state index in [1.807, 2.05) is 25.2 Å². The quantitative estimate of drug-likeness (QED) is 0.608. The Labute approximate surface area is 130 Å². The van der Waals surface area contributed by atoms with Crippen LogP contribution >= 0.6 is 0 Å². The Morgan fingerprint density at radius 2 is 2.13 bits per heavy atom. The number of hydrogen-bond donors (Lipinski definition) is 1. The number of nitrogens with one attached hydrogen (secondary N) is 1. The third kappa shape index (κ3) is 2.30. The van der Waals surface area contributed by atoms with Crippen LogP contribution in [0.15, 0.2) is 43.0 Å². The molecule has 1 amide bonds. The van der Waals surface area contributed by atoms with Gasteiger partial charge in [-0.1, -0.05) is 6.07 Å².